The number of para-hydroxylation sites is 1. The van der Waals surface area contributed by atoms with Gasteiger partial charge in [0.15, 0.2) is 18.3 Å². The fraction of sp³-hybridized carbons (Fsp3) is 0.190. The van der Waals surface area contributed by atoms with Crippen molar-refractivity contribution in [3.63, 3.8) is 0 Å². The SMILES string of the molecule is Cc1csc([C@@H](C#N)C(=O)COC(=O)c2cc3c(C)nn(-c4ccccc4)c3s2)n1. The van der Waals surface area contributed by atoms with Gasteiger partial charge in [0.05, 0.1) is 17.5 Å². The molecule has 9 heteroatoms. The molecular weight excluding hydrogens is 420 g/mol. The molecule has 30 heavy (non-hydrogen) atoms. The number of rotatable bonds is 6. The summed E-state index contributed by atoms with van der Waals surface area (Å²) in [5.41, 5.74) is 2.43. The molecule has 0 radical (unpaired) electrons. The van der Waals surface area contributed by atoms with Gasteiger partial charge in [-0.2, -0.15) is 10.4 Å². The maximum Gasteiger partial charge on any atom is 0.348 e. The van der Waals surface area contributed by atoms with Gasteiger partial charge in [0.1, 0.15) is 14.7 Å². The highest BCUT2D eigenvalue weighted by Gasteiger charge is 2.25. The lowest BCUT2D eigenvalue weighted by Crippen LogP contribution is -2.19. The summed E-state index contributed by atoms with van der Waals surface area (Å²) in [4.78, 5) is 30.3. The maximum absolute atomic E-state index is 12.5. The molecule has 0 fully saturated rings. The van der Waals surface area contributed by atoms with Crippen LogP contribution in [-0.2, 0) is 9.53 Å². The summed E-state index contributed by atoms with van der Waals surface area (Å²) in [5, 5.41) is 16.9. The van der Waals surface area contributed by atoms with Gasteiger partial charge < -0.3 is 4.74 Å². The third-order valence-electron chi connectivity index (χ3n) is 4.43. The van der Waals surface area contributed by atoms with Crippen molar-refractivity contribution in [3.8, 4) is 11.8 Å². The first-order chi connectivity index (χ1) is 14.5. The quantitative estimate of drug-likeness (QED) is 0.420. The van der Waals surface area contributed by atoms with E-state index in [-0.39, 0.29) is 0 Å². The molecule has 4 rings (SSSR count). The number of carbonyl (C=O) groups excluding carboxylic acids is 2. The summed E-state index contributed by atoms with van der Waals surface area (Å²) in [7, 11) is 0. The summed E-state index contributed by atoms with van der Waals surface area (Å²) >= 11 is 2.50. The zero-order valence-corrected chi connectivity index (χ0v) is 17.8. The molecule has 1 aromatic carbocycles. The second-order valence-electron chi connectivity index (χ2n) is 6.59. The molecule has 0 saturated carbocycles. The van der Waals surface area contributed by atoms with Gasteiger partial charge in [-0.3, -0.25) is 4.79 Å². The number of aromatic nitrogens is 3. The minimum absolute atomic E-state index is 0.376. The Morgan fingerprint density at radius 2 is 2.03 bits per heavy atom. The van der Waals surface area contributed by atoms with Crippen molar-refractivity contribution in [2.24, 2.45) is 0 Å². The van der Waals surface area contributed by atoms with Crippen LogP contribution in [0.3, 0.4) is 0 Å². The number of fused-ring (bicyclic) bond motifs is 1. The van der Waals surface area contributed by atoms with E-state index in [1.165, 1.54) is 22.7 Å². The van der Waals surface area contributed by atoms with Gasteiger partial charge in [0.25, 0.3) is 0 Å². The van der Waals surface area contributed by atoms with Crippen molar-refractivity contribution in [2.45, 2.75) is 19.8 Å². The van der Waals surface area contributed by atoms with Crippen LogP contribution in [0.15, 0.2) is 41.8 Å². The molecule has 0 aliphatic rings. The molecule has 150 valence electrons. The number of thiazole rings is 1. The number of nitrogens with zero attached hydrogens (tertiary/aromatic N) is 4. The van der Waals surface area contributed by atoms with E-state index in [1.54, 1.807) is 23.1 Å². The Morgan fingerprint density at radius 1 is 1.27 bits per heavy atom. The standard InChI is InChI=1S/C21H16N4O3S2/c1-12-11-29-19(23-12)16(9-22)17(26)10-28-21(27)18-8-15-13(2)24-25(20(15)30-18)14-6-4-3-5-7-14/h3-8,11,16H,10H2,1-2H3/t16-/m0/s1. The largest absolute Gasteiger partial charge is 0.453 e. The lowest BCUT2D eigenvalue weighted by Gasteiger charge is -2.06. The van der Waals surface area contributed by atoms with Crippen LogP contribution in [0, 0.1) is 25.2 Å². The Morgan fingerprint density at radius 3 is 2.70 bits per heavy atom. The number of ketones is 1. The number of hydrogen-bond donors (Lipinski definition) is 0. The minimum Gasteiger partial charge on any atom is -0.453 e. The van der Waals surface area contributed by atoms with Gasteiger partial charge in [-0.15, -0.1) is 22.7 Å². The van der Waals surface area contributed by atoms with Gasteiger partial charge in [-0.05, 0) is 32.0 Å². The van der Waals surface area contributed by atoms with Crippen molar-refractivity contribution in [1.82, 2.24) is 14.8 Å². The number of nitriles is 1. The Balaban J connectivity index is 1.51. The molecular formula is C21H16N4O3S2. The van der Waals surface area contributed by atoms with Gasteiger partial charge >= 0.3 is 5.97 Å². The lowest BCUT2D eigenvalue weighted by atomic mass is 10.1. The first kappa shape index (κ1) is 19.9. The molecule has 0 bridgehead atoms. The van der Waals surface area contributed by atoms with Crippen LogP contribution >= 0.6 is 22.7 Å². The Labute approximate surface area is 180 Å². The molecule has 0 amide bonds. The molecule has 0 unspecified atom stereocenters. The summed E-state index contributed by atoms with van der Waals surface area (Å²) < 4.78 is 6.99. The predicted octanol–water partition coefficient (Wildman–Crippen LogP) is 4.19. The normalized spacial score (nSPS) is 11.9. The van der Waals surface area contributed by atoms with Gasteiger partial charge in [-0.25, -0.2) is 14.5 Å². The summed E-state index contributed by atoms with van der Waals surface area (Å²) in [6.07, 6.45) is 0. The number of hydrogen-bond acceptors (Lipinski definition) is 8. The highest BCUT2D eigenvalue weighted by atomic mass is 32.1. The number of benzene rings is 1. The molecule has 1 atom stereocenters. The molecule has 0 spiro atoms. The van der Waals surface area contributed by atoms with Crippen LogP contribution in [0.1, 0.15) is 32.0 Å². The van der Waals surface area contributed by atoms with E-state index in [4.69, 9.17) is 4.74 Å². The average molecular weight is 437 g/mol. The first-order valence-electron chi connectivity index (χ1n) is 9.04. The van der Waals surface area contributed by atoms with Gasteiger partial charge in [0, 0.05) is 16.5 Å². The van der Waals surface area contributed by atoms with Crippen LogP contribution in [0.4, 0.5) is 0 Å². The molecule has 3 aromatic heterocycles. The highest BCUT2D eigenvalue weighted by molar-refractivity contribution is 7.20. The highest BCUT2D eigenvalue weighted by Crippen LogP contribution is 2.31. The number of carbonyl (C=O) groups is 2. The second-order valence-corrected chi connectivity index (χ2v) is 8.51. The third-order valence-corrected chi connectivity index (χ3v) is 6.54. The summed E-state index contributed by atoms with van der Waals surface area (Å²) in [6.45, 7) is 3.19. The van der Waals surface area contributed by atoms with E-state index in [1.807, 2.05) is 43.3 Å². The number of aryl methyl sites for hydroxylation is 2. The van der Waals surface area contributed by atoms with Crippen molar-refractivity contribution in [1.29, 1.82) is 5.26 Å². The average Bonchev–Trinajstić information content (AvgIpc) is 3.44. The molecule has 0 aliphatic carbocycles. The number of Topliss-reactive ketones (excluding diaryl/α,β-unsaturated/α-hetero) is 1. The molecule has 0 aliphatic heterocycles. The van der Waals surface area contributed by atoms with Gasteiger partial charge in [-0.1, -0.05) is 18.2 Å². The fourth-order valence-electron chi connectivity index (χ4n) is 2.95. The molecule has 0 N–H and O–H groups in total. The molecule has 3 heterocycles. The molecule has 4 aromatic rings. The zero-order chi connectivity index (χ0) is 21.3. The number of esters is 1. The lowest BCUT2D eigenvalue weighted by molar-refractivity contribution is -0.122. The van der Waals surface area contributed by atoms with Crippen molar-refractivity contribution < 1.29 is 14.3 Å². The number of ether oxygens (including phenoxy) is 1. The summed E-state index contributed by atoms with van der Waals surface area (Å²) in [6, 6.07) is 13.3. The Hall–Kier alpha value is -3.35. The van der Waals surface area contributed by atoms with Crippen molar-refractivity contribution >= 4 is 44.6 Å². The third kappa shape index (κ3) is 3.75. The number of thiophene rings is 1. The monoisotopic (exact) mass is 436 g/mol. The van der Waals surface area contributed by atoms with Crippen LogP contribution in [0.2, 0.25) is 0 Å². The molecule has 7 nitrogen and oxygen atoms in total. The van der Waals surface area contributed by atoms with E-state index in [0.717, 1.165) is 27.3 Å². The maximum atomic E-state index is 12.5. The van der Waals surface area contributed by atoms with E-state index >= 15 is 0 Å². The van der Waals surface area contributed by atoms with E-state index in [9.17, 15) is 14.9 Å². The topological polar surface area (TPSA) is 97.9 Å². The fourth-order valence-corrected chi connectivity index (χ4v) is 4.89. The van der Waals surface area contributed by atoms with Crippen molar-refractivity contribution in [3.05, 3.63) is 63.1 Å². The van der Waals surface area contributed by atoms with E-state index < -0.39 is 24.3 Å². The first-order valence-corrected chi connectivity index (χ1v) is 10.7. The Bertz CT molecular complexity index is 1280. The zero-order valence-electron chi connectivity index (χ0n) is 16.2. The van der Waals surface area contributed by atoms with Crippen LogP contribution in [0.25, 0.3) is 15.9 Å². The summed E-state index contributed by atoms with van der Waals surface area (Å²) in [5.74, 6) is -2.13. The predicted molar refractivity (Wildman–Crippen MR) is 114 cm³/mol. The minimum atomic E-state index is -1.03. The van der Waals surface area contributed by atoms with Crippen LogP contribution in [-0.4, -0.2) is 33.1 Å². The van der Waals surface area contributed by atoms with Crippen LogP contribution < -0.4 is 0 Å². The van der Waals surface area contributed by atoms with E-state index in [0.29, 0.717) is 9.88 Å². The van der Waals surface area contributed by atoms with Crippen LogP contribution in [0.5, 0.6) is 0 Å². The molecule has 0 saturated heterocycles. The smallest absolute Gasteiger partial charge is 0.348 e. The van der Waals surface area contributed by atoms with Crippen molar-refractivity contribution in [2.75, 3.05) is 6.61 Å². The van der Waals surface area contributed by atoms with Gasteiger partial charge in [0.2, 0.25) is 0 Å². The second kappa shape index (κ2) is 8.18. The van der Waals surface area contributed by atoms with E-state index in [2.05, 4.69) is 10.1 Å². The Kier molecular flexibility index (Phi) is 5.44.